The first-order valence-electron chi connectivity index (χ1n) is 15.2. The Morgan fingerprint density at radius 1 is 0.444 bits per heavy atom. The van der Waals surface area contributed by atoms with E-state index in [9.17, 15) is 9.59 Å². The molecule has 0 bridgehead atoms. The third kappa shape index (κ3) is 34.6. The molecule has 0 aliphatic heterocycles. The standard InChI is InChI=1S/C18H34O2.C14H26O2/c1-3-5-6-7-8-9-10-11-12-13-14-15-16-17-18(19)20-4-2;1-3-5-6-7-8-9-10-11-12-13-14(15)16-4-2/h4H,2-3,5-17H2,1H3;4H,2-3,5-13H2,1H3. The minimum absolute atomic E-state index is 0.150. The van der Waals surface area contributed by atoms with E-state index in [2.05, 4.69) is 36.5 Å². The van der Waals surface area contributed by atoms with E-state index < -0.39 is 0 Å². The molecule has 4 heteroatoms. The Labute approximate surface area is 224 Å². The van der Waals surface area contributed by atoms with Crippen LogP contribution in [0.15, 0.2) is 25.7 Å². The number of hydrogen-bond acceptors (Lipinski definition) is 4. The summed E-state index contributed by atoms with van der Waals surface area (Å²) in [7, 11) is 0. The van der Waals surface area contributed by atoms with Gasteiger partial charge >= 0.3 is 11.9 Å². The van der Waals surface area contributed by atoms with Crippen molar-refractivity contribution >= 4 is 11.9 Å². The molecule has 0 aromatic carbocycles. The van der Waals surface area contributed by atoms with Crippen LogP contribution in [0.2, 0.25) is 0 Å². The van der Waals surface area contributed by atoms with Gasteiger partial charge < -0.3 is 9.47 Å². The van der Waals surface area contributed by atoms with Gasteiger partial charge in [0.2, 0.25) is 0 Å². The Bertz CT molecular complexity index is 487. The maximum absolute atomic E-state index is 11.1. The maximum Gasteiger partial charge on any atom is 0.310 e. The number of hydrogen-bond donors (Lipinski definition) is 0. The van der Waals surface area contributed by atoms with Gasteiger partial charge in [-0.2, -0.15) is 0 Å². The van der Waals surface area contributed by atoms with Crippen LogP contribution in [0.3, 0.4) is 0 Å². The van der Waals surface area contributed by atoms with Crippen molar-refractivity contribution in [3.05, 3.63) is 25.7 Å². The molecule has 0 aliphatic carbocycles. The van der Waals surface area contributed by atoms with Crippen LogP contribution < -0.4 is 0 Å². The number of carbonyl (C=O) groups excluding carboxylic acids is 2. The van der Waals surface area contributed by atoms with Crippen molar-refractivity contribution in [3.8, 4) is 0 Å². The molecule has 0 N–H and O–H groups in total. The summed E-state index contributed by atoms with van der Waals surface area (Å²) >= 11 is 0. The SMILES string of the molecule is C=COC(=O)CCCCCCCCCCC.C=COC(=O)CCCCCCCCCCCCCCC. The van der Waals surface area contributed by atoms with Crippen molar-refractivity contribution in [2.75, 3.05) is 0 Å². The normalized spacial score (nSPS) is 10.3. The fourth-order valence-corrected chi connectivity index (χ4v) is 4.17. The van der Waals surface area contributed by atoms with Crippen molar-refractivity contribution in [1.82, 2.24) is 0 Å². The molecule has 0 fully saturated rings. The molecule has 0 heterocycles. The first-order chi connectivity index (χ1) is 17.6. The molecular weight excluding hydrogens is 448 g/mol. The molecule has 0 aromatic rings. The zero-order valence-corrected chi connectivity index (χ0v) is 24.2. The number of ether oxygens (including phenoxy) is 2. The second kappa shape index (κ2) is 33.4. The van der Waals surface area contributed by atoms with Crippen LogP contribution in [-0.2, 0) is 19.1 Å². The summed E-state index contributed by atoms with van der Waals surface area (Å²) < 4.78 is 9.31. The van der Waals surface area contributed by atoms with E-state index in [0.717, 1.165) is 25.7 Å². The second-order valence-electron chi connectivity index (χ2n) is 9.88. The fourth-order valence-electron chi connectivity index (χ4n) is 4.17. The van der Waals surface area contributed by atoms with Crippen molar-refractivity contribution in [2.24, 2.45) is 0 Å². The molecule has 0 radical (unpaired) electrons. The minimum atomic E-state index is -0.155. The first-order valence-corrected chi connectivity index (χ1v) is 15.2. The highest BCUT2D eigenvalue weighted by Gasteiger charge is 2.01. The molecule has 0 aliphatic rings. The molecule has 0 aromatic heterocycles. The highest BCUT2D eigenvalue weighted by molar-refractivity contribution is 5.70. The monoisotopic (exact) mass is 508 g/mol. The zero-order valence-electron chi connectivity index (χ0n) is 24.2. The summed E-state index contributed by atoms with van der Waals surface area (Å²) in [6.45, 7) is 11.2. The van der Waals surface area contributed by atoms with Crippen LogP contribution >= 0.6 is 0 Å². The molecule has 36 heavy (non-hydrogen) atoms. The maximum atomic E-state index is 11.1. The van der Waals surface area contributed by atoms with Crippen LogP contribution in [0.4, 0.5) is 0 Å². The molecule has 0 atom stereocenters. The summed E-state index contributed by atoms with van der Waals surface area (Å²) in [5.74, 6) is -0.305. The Hall–Kier alpha value is -1.58. The zero-order chi connectivity index (χ0) is 27.0. The van der Waals surface area contributed by atoms with Crippen molar-refractivity contribution in [3.63, 3.8) is 0 Å². The highest BCUT2D eigenvalue weighted by Crippen LogP contribution is 2.13. The Balaban J connectivity index is 0. The van der Waals surface area contributed by atoms with Gasteiger partial charge in [-0.25, -0.2) is 0 Å². The van der Waals surface area contributed by atoms with Gasteiger partial charge in [0.15, 0.2) is 0 Å². The van der Waals surface area contributed by atoms with Crippen molar-refractivity contribution in [2.45, 2.75) is 168 Å². The lowest BCUT2D eigenvalue weighted by Crippen LogP contribution is -1.98. The minimum Gasteiger partial charge on any atom is -0.435 e. The molecule has 0 spiro atoms. The molecule has 0 unspecified atom stereocenters. The molecule has 0 rings (SSSR count). The van der Waals surface area contributed by atoms with E-state index in [1.54, 1.807) is 0 Å². The van der Waals surface area contributed by atoms with Gasteiger partial charge in [-0.1, -0.05) is 155 Å². The summed E-state index contributed by atoms with van der Waals surface area (Å²) in [6, 6.07) is 0. The Morgan fingerprint density at radius 3 is 0.889 bits per heavy atom. The second-order valence-corrected chi connectivity index (χ2v) is 9.88. The van der Waals surface area contributed by atoms with E-state index in [1.165, 1.54) is 128 Å². The number of esters is 2. The predicted octanol–water partition coefficient (Wildman–Crippen LogP) is 10.7. The van der Waals surface area contributed by atoms with Gasteiger partial charge in [-0.3, -0.25) is 9.59 Å². The van der Waals surface area contributed by atoms with Gasteiger partial charge in [0, 0.05) is 12.8 Å². The third-order valence-electron chi connectivity index (χ3n) is 6.40. The van der Waals surface area contributed by atoms with Crippen LogP contribution in [-0.4, -0.2) is 11.9 Å². The summed E-state index contributed by atoms with van der Waals surface area (Å²) in [4.78, 5) is 22.0. The molecule has 0 saturated carbocycles. The van der Waals surface area contributed by atoms with E-state index in [0.29, 0.717) is 12.8 Å². The molecule has 212 valence electrons. The van der Waals surface area contributed by atoms with Crippen LogP contribution in [0.25, 0.3) is 0 Å². The Morgan fingerprint density at radius 2 is 0.667 bits per heavy atom. The summed E-state index contributed by atoms with van der Waals surface area (Å²) in [5.41, 5.74) is 0. The van der Waals surface area contributed by atoms with Gasteiger partial charge in [0.25, 0.3) is 0 Å². The van der Waals surface area contributed by atoms with E-state index in [-0.39, 0.29) is 11.9 Å². The van der Waals surface area contributed by atoms with E-state index in [1.807, 2.05) is 0 Å². The number of unbranched alkanes of at least 4 members (excludes halogenated alkanes) is 20. The predicted molar refractivity (Wildman–Crippen MR) is 155 cm³/mol. The lowest BCUT2D eigenvalue weighted by atomic mass is 10.0. The quantitative estimate of drug-likeness (QED) is 0.0662. The largest absolute Gasteiger partial charge is 0.435 e. The topological polar surface area (TPSA) is 52.6 Å². The van der Waals surface area contributed by atoms with Crippen LogP contribution in [0, 0.1) is 0 Å². The smallest absolute Gasteiger partial charge is 0.310 e. The van der Waals surface area contributed by atoms with Gasteiger partial charge in [-0.05, 0) is 12.8 Å². The molecular formula is C32H60O4. The average molecular weight is 509 g/mol. The highest BCUT2D eigenvalue weighted by atomic mass is 16.5. The van der Waals surface area contributed by atoms with Gasteiger partial charge in [0.1, 0.15) is 0 Å². The van der Waals surface area contributed by atoms with Crippen LogP contribution in [0.5, 0.6) is 0 Å². The third-order valence-corrected chi connectivity index (χ3v) is 6.40. The van der Waals surface area contributed by atoms with Gasteiger partial charge in [-0.15, -0.1) is 0 Å². The van der Waals surface area contributed by atoms with Crippen molar-refractivity contribution < 1.29 is 19.1 Å². The Kier molecular flexibility index (Phi) is 34.0. The number of carbonyl (C=O) groups is 2. The van der Waals surface area contributed by atoms with Crippen LogP contribution in [0.1, 0.15) is 168 Å². The van der Waals surface area contributed by atoms with E-state index in [4.69, 9.17) is 0 Å². The molecule has 0 amide bonds. The fraction of sp³-hybridized carbons (Fsp3) is 0.812. The molecule has 4 nitrogen and oxygen atoms in total. The van der Waals surface area contributed by atoms with Crippen molar-refractivity contribution in [1.29, 1.82) is 0 Å². The first kappa shape index (κ1) is 36.6. The lowest BCUT2D eigenvalue weighted by Gasteiger charge is -2.03. The summed E-state index contributed by atoms with van der Waals surface area (Å²) in [6.07, 6.45) is 32.1. The average Bonchev–Trinajstić information content (AvgIpc) is 2.86. The lowest BCUT2D eigenvalue weighted by molar-refractivity contribution is -0.139. The van der Waals surface area contributed by atoms with E-state index >= 15 is 0 Å². The van der Waals surface area contributed by atoms with Gasteiger partial charge in [0.05, 0.1) is 12.5 Å². The molecule has 0 saturated heterocycles. The summed E-state index contributed by atoms with van der Waals surface area (Å²) in [5, 5.41) is 0. The number of rotatable bonds is 26.